The third-order valence-electron chi connectivity index (χ3n) is 4.07. The van der Waals surface area contributed by atoms with Crippen LogP contribution in [0.3, 0.4) is 0 Å². The Morgan fingerprint density at radius 2 is 1.88 bits per heavy atom. The lowest BCUT2D eigenvalue weighted by Gasteiger charge is -2.34. The van der Waals surface area contributed by atoms with Gasteiger partial charge in [-0.3, -0.25) is 0 Å². The summed E-state index contributed by atoms with van der Waals surface area (Å²) < 4.78 is 0. The van der Waals surface area contributed by atoms with Crippen LogP contribution in [0.5, 0.6) is 0 Å². The van der Waals surface area contributed by atoms with E-state index in [1.807, 2.05) is 0 Å². The third kappa shape index (κ3) is 5.39. The molecule has 1 aliphatic rings. The van der Waals surface area contributed by atoms with Gasteiger partial charge in [0.25, 0.3) is 0 Å². The number of hydrogen-bond donors (Lipinski definition) is 1. The zero-order chi connectivity index (χ0) is 12.7. The third-order valence-corrected chi connectivity index (χ3v) is 4.07. The van der Waals surface area contributed by atoms with E-state index < -0.39 is 0 Å². The molecule has 0 bridgehead atoms. The molecule has 2 unspecified atom stereocenters. The predicted molar refractivity (Wildman–Crippen MR) is 76.4 cm³/mol. The number of hydrogen-bond acceptors (Lipinski definition) is 2. The van der Waals surface area contributed by atoms with Crippen LogP contribution in [0.15, 0.2) is 0 Å². The van der Waals surface area contributed by atoms with Crippen molar-refractivity contribution in [3.05, 3.63) is 0 Å². The maximum atomic E-state index is 3.70. The summed E-state index contributed by atoms with van der Waals surface area (Å²) in [6, 6.07) is 1.48. The highest BCUT2D eigenvalue weighted by atomic mass is 15.2. The van der Waals surface area contributed by atoms with E-state index in [0.717, 1.165) is 24.5 Å². The first-order valence-electron chi connectivity index (χ1n) is 7.58. The molecule has 0 spiro atoms. The van der Waals surface area contributed by atoms with E-state index in [1.165, 1.54) is 45.1 Å². The Labute approximate surface area is 108 Å². The van der Waals surface area contributed by atoms with Crippen molar-refractivity contribution >= 4 is 0 Å². The summed E-state index contributed by atoms with van der Waals surface area (Å²) in [6.07, 6.45) is 8.32. The minimum atomic E-state index is 0.722. The SMILES string of the molecule is CCNC1CCCCCC1N(C)CCC(C)C. The van der Waals surface area contributed by atoms with Crippen molar-refractivity contribution in [3.8, 4) is 0 Å². The first-order chi connectivity index (χ1) is 8.15. The predicted octanol–water partition coefficient (Wildman–Crippen LogP) is 3.28. The van der Waals surface area contributed by atoms with E-state index in [1.54, 1.807) is 0 Å². The lowest BCUT2D eigenvalue weighted by Crippen LogP contribution is -2.48. The molecule has 1 N–H and O–H groups in total. The molecule has 1 saturated carbocycles. The fourth-order valence-corrected chi connectivity index (χ4v) is 2.94. The maximum Gasteiger partial charge on any atom is 0.0246 e. The van der Waals surface area contributed by atoms with Crippen LogP contribution in [0.1, 0.15) is 59.3 Å². The van der Waals surface area contributed by atoms with Crippen LogP contribution in [0.25, 0.3) is 0 Å². The molecule has 0 aromatic heterocycles. The van der Waals surface area contributed by atoms with Gasteiger partial charge in [0.15, 0.2) is 0 Å². The average Bonchev–Trinajstić information content (AvgIpc) is 2.52. The number of rotatable bonds is 6. The zero-order valence-electron chi connectivity index (χ0n) is 12.3. The van der Waals surface area contributed by atoms with Gasteiger partial charge in [-0.25, -0.2) is 0 Å². The van der Waals surface area contributed by atoms with Crippen molar-refractivity contribution in [1.82, 2.24) is 10.2 Å². The topological polar surface area (TPSA) is 15.3 Å². The van der Waals surface area contributed by atoms with Crippen LogP contribution >= 0.6 is 0 Å². The summed E-state index contributed by atoms with van der Waals surface area (Å²) in [5.41, 5.74) is 0. The first kappa shape index (κ1) is 15.0. The molecule has 0 amide bonds. The Morgan fingerprint density at radius 3 is 2.53 bits per heavy atom. The highest BCUT2D eigenvalue weighted by molar-refractivity contribution is 4.85. The van der Waals surface area contributed by atoms with Crippen molar-refractivity contribution in [2.75, 3.05) is 20.1 Å². The van der Waals surface area contributed by atoms with Gasteiger partial charge in [0.1, 0.15) is 0 Å². The number of nitrogens with zero attached hydrogens (tertiary/aromatic N) is 1. The van der Waals surface area contributed by atoms with Crippen LogP contribution in [0.2, 0.25) is 0 Å². The van der Waals surface area contributed by atoms with Crippen molar-refractivity contribution < 1.29 is 0 Å². The molecular formula is C15H32N2. The van der Waals surface area contributed by atoms with Crippen LogP contribution < -0.4 is 5.32 Å². The van der Waals surface area contributed by atoms with Crippen molar-refractivity contribution in [2.24, 2.45) is 5.92 Å². The van der Waals surface area contributed by atoms with Crippen molar-refractivity contribution in [1.29, 1.82) is 0 Å². The van der Waals surface area contributed by atoms with E-state index in [4.69, 9.17) is 0 Å². The van der Waals surface area contributed by atoms with Crippen molar-refractivity contribution in [3.63, 3.8) is 0 Å². The number of likely N-dealkylation sites (N-methyl/N-ethyl adjacent to an activating group) is 2. The molecule has 0 radical (unpaired) electrons. The van der Waals surface area contributed by atoms with Crippen LogP contribution in [-0.4, -0.2) is 37.1 Å². The fourth-order valence-electron chi connectivity index (χ4n) is 2.94. The minimum absolute atomic E-state index is 0.722. The second-order valence-electron chi connectivity index (χ2n) is 6.03. The van der Waals surface area contributed by atoms with Gasteiger partial charge >= 0.3 is 0 Å². The van der Waals surface area contributed by atoms with Gasteiger partial charge in [-0.2, -0.15) is 0 Å². The van der Waals surface area contributed by atoms with Crippen LogP contribution in [0.4, 0.5) is 0 Å². The van der Waals surface area contributed by atoms with Gasteiger partial charge in [0.05, 0.1) is 0 Å². The van der Waals surface area contributed by atoms with E-state index in [-0.39, 0.29) is 0 Å². The van der Waals surface area contributed by atoms with E-state index in [0.29, 0.717) is 0 Å². The maximum absolute atomic E-state index is 3.70. The van der Waals surface area contributed by atoms with E-state index in [2.05, 4.69) is 38.0 Å². The molecule has 1 aliphatic carbocycles. The van der Waals surface area contributed by atoms with Crippen LogP contribution in [-0.2, 0) is 0 Å². The highest BCUT2D eigenvalue weighted by Gasteiger charge is 2.25. The molecule has 1 rings (SSSR count). The highest BCUT2D eigenvalue weighted by Crippen LogP contribution is 2.22. The van der Waals surface area contributed by atoms with Gasteiger partial charge in [0.2, 0.25) is 0 Å². The van der Waals surface area contributed by atoms with Gasteiger partial charge in [-0.05, 0) is 45.3 Å². The molecule has 0 aliphatic heterocycles. The molecule has 17 heavy (non-hydrogen) atoms. The summed E-state index contributed by atoms with van der Waals surface area (Å²) in [5, 5.41) is 3.70. The second-order valence-corrected chi connectivity index (χ2v) is 6.03. The molecule has 2 heteroatoms. The largest absolute Gasteiger partial charge is 0.313 e. The number of nitrogens with one attached hydrogen (secondary N) is 1. The average molecular weight is 240 g/mol. The lowest BCUT2D eigenvalue weighted by molar-refractivity contribution is 0.175. The Morgan fingerprint density at radius 1 is 1.18 bits per heavy atom. The van der Waals surface area contributed by atoms with Gasteiger partial charge in [-0.1, -0.05) is 40.0 Å². The monoisotopic (exact) mass is 240 g/mol. The smallest absolute Gasteiger partial charge is 0.0246 e. The standard InChI is InChI=1S/C15H32N2/c1-5-16-14-9-7-6-8-10-15(14)17(4)12-11-13(2)3/h13-16H,5-12H2,1-4H3. The molecule has 102 valence electrons. The molecule has 2 nitrogen and oxygen atoms in total. The second kappa shape index (κ2) is 8.10. The quantitative estimate of drug-likeness (QED) is 0.717. The van der Waals surface area contributed by atoms with Gasteiger partial charge in [0, 0.05) is 12.1 Å². The van der Waals surface area contributed by atoms with Gasteiger partial charge < -0.3 is 10.2 Å². The minimum Gasteiger partial charge on any atom is -0.313 e. The molecule has 0 aromatic rings. The summed E-state index contributed by atoms with van der Waals surface area (Å²) >= 11 is 0. The van der Waals surface area contributed by atoms with Crippen LogP contribution in [0, 0.1) is 5.92 Å². The van der Waals surface area contributed by atoms with Crippen molar-refractivity contribution in [2.45, 2.75) is 71.4 Å². The molecule has 0 aromatic carbocycles. The summed E-state index contributed by atoms with van der Waals surface area (Å²) in [4.78, 5) is 2.61. The molecule has 2 atom stereocenters. The Bertz CT molecular complexity index is 191. The molecular weight excluding hydrogens is 208 g/mol. The summed E-state index contributed by atoms with van der Waals surface area (Å²) in [6.45, 7) is 9.24. The normalized spacial score (nSPS) is 26.5. The Hall–Kier alpha value is -0.0800. The zero-order valence-corrected chi connectivity index (χ0v) is 12.3. The Balaban J connectivity index is 2.48. The summed E-state index contributed by atoms with van der Waals surface area (Å²) in [7, 11) is 2.32. The lowest BCUT2D eigenvalue weighted by atomic mass is 10.0. The van der Waals surface area contributed by atoms with E-state index in [9.17, 15) is 0 Å². The Kier molecular flexibility index (Phi) is 7.14. The fraction of sp³-hybridized carbons (Fsp3) is 1.00. The molecule has 0 saturated heterocycles. The molecule has 0 heterocycles. The first-order valence-corrected chi connectivity index (χ1v) is 7.58. The van der Waals surface area contributed by atoms with E-state index >= 15 is 0 Å². The van der Waals surface area contributed by atoms with Gasteiger partial charge in [-0.15, -0.1) is 0 Å². The molecule has 1 fully saturated rings. The summed E-state index contributed by atoms with van der Waals surface area (Å²) in [5.74, 6) is 0.820.